The third-order valence-electron chi connectivity index (χ3n) is 14.9. The molecule has 0 aliphatic rings. The van der Waals surface area contributed by atoms with E-state index in [2.05, 4.69) is 19.2 Å². The maximum absolute atomic E-state index is 12.5. The maximum Gasteiger partial charge on any atom is 0.305 e. The standard InChI is InChI=1S/C62H123NO5/c1-3-5-7-9-11-13-15-17-19-21-22-23-24-26-27-30-34-38-42-46-50-54-60(65)59(58-64)63-61(66)55-51-47-43-39-35-31-29-33-37-41-45-49-53-57-68-62(67)56-52-48-44-40-36-32-28-25-20-18-16-14-12-10-8-6-4-2/h59-60,64-65H,3-58H2,1-2H3,(H,63,66). The van der Waals surface area contributed by atoms with Crippen LogP contribution in [-0.2, 0) is 14.3 Å². The van der Waals surface area contributed by atoms with Crippen molar-refractivity contribution >= 4 is 11.9 Å². The number of hydrogen-bond donors (Lipinski definition) is 3. The lowest BCUT2D eigenvalue weighted by Gasteiger charge is -2.22. The summed E-state index contributed by atoms with van der Waals surface area (Å²) in [4.78, 5) is 24.6. The topological polar surface area (TPSA) is 95.9 Å². The summed E-state index contributed by atoms with van der Waals surface area (Å²) < 4.78 is 5.49. The molecule has 0 heterocycles. The number of amides is 1. The highest BCUT2D eigenvalue weighted by Crippen LogP contribution is 2.19. The molecule has 2 unspecified atom stereocenters. The highest BCUT2D eigenvalue weighted by Gasteiger charge is 2.20. The number of unbranched alkanes of at least 4 members (excludes halogenated alkanes) is 48. The molecule has 6 nitrogen and oxygen atoms in total. The molecule has 0 aliphatic carbocycles. The van der Waals surface area contributed by atoms with Crippen LogP contribution in [0.5, 0.6) is 0 Å². The van der Waals surface area contributed by atoms with Gasteiger partial charge in [0.05, 0.1) is 25.4 Å². The monoisotopic (exact) mass is 962 g/mol. The van der Waals surface area contributed by atoms with Crippen LogP contribution in [0.15, 0.2) is 0 Å². The van der Waals surface area contributed by atoms with E-state index in [4.69, 9.17) is 4.74 Å². The second-order valence-corrected chi connectivity index (χ2v) is 21.8. The molecule has 0 fully saturated rings. The van der Waals surface area contributed by atoms with Gasteiger partial charge in [0, 0.05) is 12.8 Å². The second-order valence-electron chi connectivity index (χ2n) is 21.8. The van der Waals surface area contributed by atoms with E-state index in [0.717, 1.165) is 51.4 Å². The first-order chi connectivity index (χ1) is 33.5. The number of hydrogen-bond acceptors (Lipinski definition) is 5. The molecule has 0 aromatic carbocycles. The lowest BCUT2D eigenvalue weighted by atomic mass is 10.0. The quantitative estimate of drug-likeness (QED) is 0.0417. The van der Waals surface area contributed by atoms with Crippen molar-refractivity contribution in [3.63, 3.8) is 0 Å². The van der Waals surface area contributed by atoms with Crippen LogP contribution in [0, 0.1) is 0 Å². The molecule has 406 valence electrons. The number of esters is 1. The molecular weight excluding hydrogens is 839 g/mol. The maximum atomic E-state index is 12.5. The Bertz CT molecular complexity index is 975. The van der Waals surface area contributed by atoms with E-state index in [-0.39, 0.29) is 18.5 Å². The SMILES string of the molecule is CCCCCCCCCCCCCCCCCCCCCCCC(O)C(CO)NC(=O)CCCCCCCCCCCCCCCOC(=O)CCCCCCCCCCCCCCCCCCC. The summed E-state index contributed by atoms with van der Waals surface area (Å²) >= 11 is 0. The van der Waals surface area contributed by atoms with Gasteiger partial charge >= 0.3 is 5.97 Å². The van der Waals surface area contributed by atoms with Crippen molar-refractivity contribution in [2.45, 2.75) is 373 Å². The number of nitrogens with one attached hydrogen (secondary N) is 1. The van der Waals surface area contributed by atoms with E-state index in [0.29, 0.717) is 25.9 Å². The van der Waals surface area contributed by atoms with Gasteiger partial charge in [0.25, 0.3) is 0 Å². The van der Waals surface area contributed by atoms with Gasteiger partial charge in [-0.25, -0.2) is 0 Å². The number of rotatable bonds is 59. The van der Waals surface area contributed by atoms with Crippen molar-refractivity contribution in [1.29, 1.82) is 0 Å². The minimum Gasteiger partial charge on any atom is -0.466 e. The highest BCUT2D eigenvalue weighted by molar-refractivity contribution is 5.76. The molecule has 0 saturated carbocycles. The normalized spacial score (nSPS) is 12.5. The predicted molar refractivity (Wildman–Crippen MR) is 297 cm³/mol. The Morgan fingerprint density at radius 1 is 0.353 bits per heavy atom. The minimum absolute atomic E-state index is 0.000137. The molecule has 0 bridgehead atoms. The molecule has 1 amide bonds. The molecule has 0 aliphatic heterocycles. The van der Waals surface area contributed by atoms with E-state index in [1.54, 1.807) is 0 Å². The Morgan fingerprint density at radius 3 is 0.897 bits per heavy atom. The van der Waals surface area contributed by atoms with Crippen LogP contribution in [0.2, 0.25) is 0 Å². The van der Waals surface area contributed by atoms with Gasteiger partial charge < -0.3 is 20.3 Å². The van der Waals surface area contributed by atoms with Crippen molar-refractivity contribution in [3.8, 4) is 0 Å². The molecule has 68 heavy (non-hydrogen) atoms. The molecule has 0 saturated heterocycles. The molecule has 3 N–H and O–H groups in total. The van der Waals surface area contributed by atoms with Gasteiger partial charge in [-0.3, -0.25) is 9.59 Å². The average Bonchev–Trinajstić information content (AvgIpc) is 3.34. The Balaban J connectivity index is 3.41. The van der Waals surface area contributed by atoms with E-state index >= 15 is 0 Å². The van der Waals surface area contributed by atoms with Crippen LogP contribution in [-0.4, -0.2) is 47.4 Å². The van der Waals surface area contributed by atoms with Crippen LogP contribution >= 0.6 is 0 Å². The highest BCUT2D eigenvalue weighted by atomic mass is 16.5. The van der Waals surface area contributed by atoms with Crippen molar-refractivity contribution in [2.75, 3.05) is 13.2 Å². The molecule has 6 heteroatoms. The smallest absolute Gasteiger partial charge is 0.305 e. The lowest BCUT2D eigenvalue weighted by molar-refractivity contribution is -0.143. The summed E-state index contributed by atoms with van der Waals surface area (Å²) in [7, 11) is 0. The summed E-state index contributed by atoms with van der Waals surface area (Å²) in [5.74, 6) is -0.0426. The molecule has 0 rings (SSSR count). The molecule has 0 aromatic rings. The fourth-order valence-corrected chi connectivity index (χ4v) is 10.1. The zero-order valence-corrected chi connectivity index (χ0v) is 46.4. The zero-order valence-electron chi connectivity index (χ0n) is 46.4. The molecule has 2 atom stereocenters. The number of aliphatic hydroxyl groups is 2. The molecule has 0 spiro atoms. The van der Waals surface area contributed by atoms with Crippen LogP contribution in [0.1, 0.15) is 361 Å². The van der Waals surface area contributed by atoms with Gasteiger partial charge in [0.15, 0.2) is 0 Å². The van der Waals surface area contributed by atoms with Gasteiger partial charge in [-0.1, -0.05) is 322 Å². The Labute approximate surface area is 426 Å². The number of carbonyl (C=O) groups is 2. The van der Waals surface area contributed by atoms with Crippen LogP contribution in [0.25, 0.3) is 0 Å². The van der Waals surface area contributed by atoms with Crippen molar-refractivity contribution in [2.24, 2.45) is 0 Å². The molecule has 0 radical (unpaired) electrons. The van der Waals surface area contributed by atoms with E-state index in [1.165, 1.54) is 276 Å². The van der Waals surface area contributed by atoms with Crippen molar-refractivity contribution < 1.29 is 24.5 Å². The Morgan fingerprint density at radius 2 is 0.603 bits per heavy atom. The predicted octanol–water partition coefficient (Wildman–Crippen LogP) is 19.5. The van der Waals surface area contributed by atoms with Crippen LogP contribution in [0.3, 0.4) is 0 Å². The minimum atomic E-state index is -0.672. The number of aliphatic hydroxyl groups excluding tert-OH is 2. The summed E-state index contributed by atoms with van der Waals surface area (Å²) in [6, 6.07) is -0.551. The largest absolute Gasteiger partial charge is 0.466 e. The summed E-state index contributed by atoms with van der Waals surface area (Å²) in [5.41, 5.74) is 0. The first-order valence-corrected chi connectivity index (χ1v) is 31.3. The van der Waals surface area contributed by atoms with Gasteiger partial charge in [-0.15, -0.1) is 0 Å². The van der Waals surface area contributed by atoms with Gasteiger partial charge in [0.1, 0.15) is 0 Å². The third kappa shape index (κ3) is 54.2. The average molecular weight is 963 g/mol. The van der Waals surface area contributed by atoms with Gasteiger partial charge in [-0.05, 0) is 25.7 Å². The van der Waals surface area contributed by atoms with Crippen LogP contribution < -0.4 is 5.32 Å². The summed E-state index contributed by atoms with van der Waals surface area (Å²) in [6.45, 7) is 4.97. The third-order valence-corrected chi connectivity index (χ3v) is 14.9. The first kappa shape index (κ1) is 66.9. The fraction of sp³-hybridized carbons (Fsp3) is 0.968. The first-order valence-electron chi connectivity index (χ1n) is 31.3. The van der Waals surface area contributed by atoms with E-state index < -0.39 is 12.1 Å². The molecule has 0 aromatic heterocycles. The van der Waals surface area contributed by atoms with Crippen LogP contribution in [0.4, 0.5) is 0 Å². The number of ether oxygens (including phenoxy) is 1. The van der Waals surface area contributed by atoms with E-state index in [9.17, 15) is 19.8 Å². The Hall–Kier alpha value is -1.14. The van der Waals surface area contributed by atoms with Crippen molar-refractivity contribution in [1.82, 2.24) is 5.32 Å². The van der Waals surface area contributed by atoms with Crippen molar-refractivity contribution in [3.05, 3.63) is 0 Å². The fourth-order valence-electron chi connectivity index (χ4n) is 10.1. The summed E-state index contributed by atoms with van der Waals surface area (Å²) in [6.07, 6.45) is 68.2. The number of carbonyl (C=O) groups excluding carboxylic acids is 2. The summed E-state index contributed by atoms with van der Waals surface area (Å²) in [5, 5.41) is 23.4. The van der Waals surface area contributed by atoms with Gasteiger partial charge in [0.2, 0.25) is 5.91 Å². The Kier molecular flexibility index (Phi) is 57.5. The zero-order chi connectivity index (χ0) is 49.3. The van der Waals surface area contributed by atoms with E-state index in [1.807, 2.05) is 0 Å². The molecular formula is C62H123NO5. The van der Waals surface area contributed by atoms with Gasteiger partial charge in [-0.2, -0.15) is 0 Å². The second kappa shape index (κ2) is 58.4. The lowest BCUT2D eigenvalue weighted by Crippen LogP contribution is -2.45.